The highest BCUT2D eigenvalue weighted by atomic mass is 19.1. The predicted molar refractivity (Wildman–Crippen MR) is 66.1 cm³/mol. The maximum atomic E-state index is 13.7. The number of aliphatic hydroxyl groups is 1. The molecule has 1 heterocycles. The Hall–Kier alpha value is -1.13. The zero-order valence-corrected chi connectivity index (χ0v) is 10.6. The number of hydrogen-bond acceptors (Lipinski definition) is 3. The van der Waals surface area contributed by atoms with E-state index in [0.717, 1.165) is 25.9 Å². The third-order valence-corrected chi connectivity index (χ3v) is 3.14. The van der Waals surface area contributed by atoms with Gasteiger partial charge in [-0.15, -0.1) is 0 Å². The van der Waals surface area contributed by atoms with Crippen molar-refractivity contribution in [3.05, 3.63) is 29.6 Å². The van der Waals surface area contributed by atoms with Gasteiger partial charge in [-0.25, -0.2) is 4.39 Å². The van der Waals surface area contributed by atoms with E-state index in [1.165, 1.54) is 6.07 Å². The molecule has 2 atom stereocenters. The molecular weight excluding hydrogens is 235 g/mol. The van der Waals surface area contributed by atoms with E-state index in [1.54, 1.807) is 19.1 Å². The molecule has 1 fully saturated rings. The highest BCUT2D eigenvalue weighted by Gasteiger charge is 2.15. The van der Waals surface area contributed by atoms with Gasteiger partial charge in [-0.3, -0.25) is 0 Å². The number of aliphatic hydroxyl groups excluding tert-OH is 1. The Morgan fingerprint density at radius 3 is 2.94 bits per heavy atom. The second kappa shape index (κ2) is 6.16. The number of halogens is 1. The molecule has 18 heavy (non-hydrogen) atoms. The molecule has 1 aromatic carbocycles. The van der Waals surface area contributed by atoms with Crippen LogP contribution in [-0.4, -0.2) is 24.4 Å². The van der Waals surface area contributed by atoms with E-state index < -0.39 is 11.9 Å². The van der Waals surface area contributed by atoms with Crippen LogP contribution in [0, 0.1) is 5.82 Å². The van der Waals surface area contributed by atoms with Gasteiger partial charge in [0.2, 0.25) is 0 Å². The van der Waals surface area contributed by atoms with Crippen LogP contribution in [0.5, 0.6) is 5.75 Å². The highest BCUT2D eigenvalue weighted by Crippen LogP contribution is 2.23. The molecule has 0 radical (unpaired) electrons. The second-order valence-electron chi connectivity index (χ2n) is 4.67. The summed E-state index contributed by atoms with van der Waals surface area (Å²) in [6.45, 7) is 2.74. The van der Waals surface area contributed by atoms with Crippen LogP contribution < -0.4 is 4.74 Å². The van der Waals surface area contributed by atoms with Gasteiger partial charge in [0, 0.05) is 6.61 Å². The summed E-state index contributed by atoms with van der Waals surface area (Å²) >= 11 is 0. The van der Waals surface area contributed by atoms with Crippen LogP contribution in [0.2, 0.25) is 0 Å². The Balaban J connectivity index is 1.92. The molecule has 1 aliphatic heterocycles. The Morgan fingerprint density at radius 2 is 2.33 bits per heavy atom. The lowest BCUT2D eigenvalue weighted by Crippen LogP contribution is -2.26. The minimum absolute atomic E-state index is 0.0644. The van der Waals surface area contributed by atoms with Crippen LogP contribution in [0.4, 0.5) is 4.39 Å². The first-order valence-corrected chi connectivity index (χ1v) is 6.38. The van der Waals surface area contributed by atoms with E-state index in [0.29, 0.717) is 12.2 Å². The average Bonchev–Trinajstić information content (AvgIpc) is 2.38. The Morgan fingerprint density at radius 1 is 1.50 bits per heavy atom. The van der Waals surface area contributed by atoms with Gasteiger partial charge in [-0.2, -0.15) is 0 Å². The summed E-state index contributed by atoms with van der Waals surface area (Å²) in [6.07, 6.45) is 2.59. The van der Waals surface area contributed by atoms with Crippen LogP contribution in [0.3, 0.4) is 0 Å². The van der Waals surface area contributed by atoms with E-state index in [4.69, 9.17) is 9.47 Å². The summed E-state index contributed by atoms with van der Waals surface area (Å²) < 4.78 is 24.6. The van der Waals surface area contributed by atoms with E-state index >= 15 is 0 Å². The molecule has 0 amide bonds. The summed E-state index contributed by atoms with van der Waals surface area (Å²) in [5.74, 6) is -0.224. The molecule has 2 unspecified atom stereocenters. The smallest absolute Gasteiger partial charge is 0.165 e. The quantitative estimate of drug-likeness (QED) is 0.898. The number of benzene rings is 1. The summed E-state index contributed by atoms with van der Waals surface area (Å²) in [6, 6.07) is 4.53. The number of hydrogen-bond donors (Lipinski definition) is 1. The monoisotopic (exact) mass is 254 g/mol. The molecular formula is C14H19FO3. The fraction of sp³-hybridized carbons (Fsp3) is 0.571. The van der Waals surface area contributed by atoms with Crippen molar-refractivity contribution in [2.45, 2.75) is 38.4 Å². The van der Waals surface area contributed by atoms with Gasteiger partial charge in [-0.05, 0) is 43.9 Å². The van der Waals surface area contributed by atoms with Crippen molar-refractivity contribution in [1.82, 2.24) is 0 Å². The van der Waals surface area contributed by atoms with Crippen molar-refractivity contribution in [3.63, 3.8) is 0 Å². The Bertz CT molecular complexity index is 387. The molecule has 4 heteroatoms. The highest BCUT2D eigenvalue weighted by molar-refractivity contribution is 5.30. The van der Waals surface area contributed by atoms with Crippen molar-refractivity contribution in [2.75, 3.05) is 13.2 Å². The standard InChI is InChI=1S/C14H19FO3/c1-10(16)11-5-6-14(13(15)8-11)18-9-12-4-2-3-7-17-12/h5-6,8,10,12,16H,2-4,7,9H2,1H3. The zero-order chi connectivity index (χ0) is 13.0. The van der Waals surface area contributed by atoms with Gasteiger partial charge in [0.1, 0.15) is 6.61 Å². The molecule has 0 spiro atoms. The lowest BCUT2D eigenvalue weighted by molar-refractivity contribution is -0.0117. The molecule has 1 saturated heterocycles. The largest absolute Gasteiger partial charge is 0.488 e. The minimum Gasteiger partial charge on any atom is -0.488 e. The summed E-state index contributed by atoms with van der Waals surface area (Å²) in [5.41, 5.74) is 0.550. The summed E-state index contributed by atoms with van der Waals surface area (Å²) in [7, 11) is 0. The average molecular weight is 254 g/mol. The van der Waals surface area contributed by atoms with Crippen LogP contribution >= 0.6 is 0 Å². The molecule has 100 valence electrons. The first kappa shape index (κ1) is 13.3. The van der Waals surface area contributed by atoms with E-state index in [2.05, 4.69) is 0 Å². The molecule has 0 saturated carbocycles. The maximum absolute atomic E-state index is 13.7. The van der Waals surface area contributed by atoms with Crippen LogP contribution in [0.1, 0.15) is 37.9 Å². The fourth-order valence-electron chi connectivity index (χ4n) is 2.02. The van der Waals surface area contributed by atoms with Gasteiger partial charge < -0.3 is 14.6 Å². The predicted octanol–water partition coefficient (Wildman–Crippen LogP) is 2.83. The first-order chi connectivity index (χ1) is 8.66. The molecule has 0 aromatic heterocycles. The summed E-state index contributed by atoms with van der Waals surface area (Å²) in [5, 5.41) is 9.35. The third kappa shape index (κ3) is 3.43. The van der Waals surface area contributed by atoms with Crippen LogP contribution in [0.15, 0.2) is 18.2 Å². The fourth-order valence-corrected chi connectivity index (χ4v) is 2.02. The zero-order valence-electron chi connectivity index (χ0n) is 10.6. The lowest BCUT2D eigenvalue weighted by Gasteiger charge is -2.22. The van der Waals surface area contributed by atoms with Crippen molar-refractivity contribution >= 4 is 0 Å². The molecule has 1 aliphatic rings. The van der Waals surface area contributed by atoms with Gasteiger partial charge in [0.25, 0.3) is 0 Å². The Kier molecular flexibility index (Phi) is 4.55. The normalized spacial score (nSPS) is 21.6. The van der Waals surface area contributed by atoms with Crippen molar-refractivity contribution < 1.29 is 19.0 Å². The molecule has 0 aliphatic carbocycles. The van der Waals surface area contributed by atoms with Gasteiger partial charge in [0.15, 0.2) is 11.6 Å². The number of rotatable bonds is 4. The SMILES string of the molecule is CC(O)c1ccc(OCC2CCCCO2)c(F)c1. The molecule has 3 nitrogen and oxygen atoms in total. The molecule has 2 rings (SSSR count). The molecule has 0 bridgehead atoms. The van der Waals surface area contributed by atoms with E-state index in [-0.39, 0.29) is 11.9 Å². The number of ether oxygens (including phenoxy) is 2. The minimum atomic E-state index is -0.671. The van der Waals surface area contributed by atoms with Gasteiger partial charge >= 0.3 is 0 Å². The molecule has 1 aromatic rings. The first-order valence-electron chi connectivity index (χ1n) is 6.38. The van der Waals surface area contributed by atoms with Crippen LogP contribution in [0.25, 0.3) is 0 Å². The van der Waals surface area contributed by atoms with E-state index in [9.17, 15) is 9.50 Å². The van der Waals surface area contributed by atoms with Gasteiger partial charge in [0.05, 0.1) is 12.2 Å². The topological polar surface area (TPSA) is 38.7 Å². The van der Waals surface area contributed by atoms with Crippen molar-refractivity contribution in [1.29, 1.82) is 0 Å². The third-order valence-electron chi connectivity index (χ3n) is 3.14. The van der Waals surface area contributed by atoms with Crippen LogP contribution in [-0.2, 0) is 4.74 Å². The van der Waals surface area contributed by atoms with Gasteiger partial charge in [-0.1, -0.05) is 6.07 Å². The van der Waals surface area contributed by atoms with Crippen molar-refractivity contribution in [3.8, 4) is 5.75 Å². The lowest BCUT2D eigenvalue weighted by atomic mass is 10.1. The molecule has 1 N–H and O–H groups in total. The summed E-state index contributed by atoms with van der Waals surface area (Å²) in [4.78, 5) is 0. The van der Waals surface area contributed by atoms with E-state index in [1.807, 2.05) is 0 Å². The van der Waals surface area contributed by atoms with Crippen molar-refractivity contribution in [2.24, 2.45) is 0 Å². The second-order valence-corrected chi connectivity index (χ2v) is 4.67. The maximum Gasteiger partial charge on any atom is 0.165 e. The Labute approximate surface area is 107 Å².